The molecular formula is C22H27FO. The summed E-state index contributed by atoms with van der Waals surface area (Å²) in [4.78, 5) is 0. The Morgan fingerprint density at radius 1 is 1.17 bits per heavy atom. The van der Waals surface area contributed by atoms with E-state index in [0.717, 1.165) is 11.3 Å². The maximum Gasteiger partial charge on any atom is 0.172 e. The average Bonchev–Trinajstić information content (AvgIpc) is 2.62. The Morgan fingerprint density at radius 3 is 2.67 bits per heavy atom. The van der Waals surface area contributed by atoms with Crippen molar-refractivity contribution in [2.45, 2.75) is 51.4 Å². The van der Waals surface area contributed by atoms with Crippen molar-refractivity contribution in [2.75, 3.05) is 6.61 Å². The first kappa shape index (κ1) is 17.0. The summed E-state index contributed by atoms with van der Waals surface area (Å²) in [5.74, 6) is 1.57. The largest absolute Gasteiger partial charge is 0.486 e. The Labute approximate surface area is 144 Å². The molecule has 1 saturated carbocycles. The van der Waals surface area contributed by atoms with E-state index in [9.17, 15) is 4.39 Å². The first-order valence-corrected chi connectivity index (χ1v) is 9.18. The molecular weight excluding hydrogens is 299 g/mol. The average molecular weight is 326 g/mol. The number of benzene rings is 2. The number of ether oxygens (including phenoxy) is 1. The molecule has 0 bridgehead atoms. The van der Waals surface area contributed by atoms with Gasteiger partial charge in [0, 0.05) is 5.39 Å². The van der Waals surface area contributed by atoms with Gasteiger partial charge in [0.1, 0.15) is 6.61 Å². The molecule has 128 valence electrons. The Hall–Kier alpha value is -1.83. The first-order chi connectivity index (χ1) is 11.7. The highest BCUT2D eigenvalue weighted by Crippen LogP contribution is 2.39. The second-order valence-electron chi connectivity index (χ2n) is 6.96. The zero-order valence-corrected chi connectivity index (χ0v) is 14.6. The van der Waals surface area contributed by atoms with Crippen LogP contribution >= 0.6 is 0 Å². The van der Waals surface area contributed by atoms with Crippen LogP contribution in [-0.2, 0) is 0 Å². The SMILES string of the molecule is C=CCOc1ccc2cc(C3CCC(CCC)CC3)ccc2c1F. The molecule has 1 fully saturated rings. The molecule has 2 aromatic rings. The normalized spacial score (nSPS) is 20.9. The van der Waals surface area contributed by atoms with Gasteiger partial charge in [0.2, 0.25) is 0 Å². The third-order valence-corrected chi connectivity index (χ3v) is 5.31. The van der Waals surface area contributed by atoms with Gasteiger partial charge in [0.15, 0.2) is 11.6 Å². The lowest BCUT2D eigenvalue weighted by atomic mass is 9.77. The van der Waals surface area contributed by atoms with Gasteiger partial charge < -0.3 is 4.74 Å². The van der Waals surface area contributed by atoms with Gasteiger partial charge in [-0.15, -0.1) is 0 Å². The maximum atomic E-state index is 14.5. The summed E-state index contributed by atoms with van der Waals surface area (Å²) in [6.07, 6.45) is 9.47. The summed E-state index contributed by atoms with van der Waals surface area (Å²) in [7, 11) is 0. The summed E-state index contributed by atoms with van der Waals surface area (Å²) < 4.78 is 19.9. The highest BCUT2D eigenvalue weighted by atomic mass is 19.1. The van der Waals surface area contributed by atoms with Crippen LogP contribution < -0.4 is 4.74 Å². The van der Waals surface area contributed by atoms with Gasteiger partial charge in [-0.05, 0) is 54.5 Å². The van der Waals surface area contributed by atoms with E-state index < -0.39 is 0 Å². The Kier molecular flexibility index (Phi) is 5.55. The highest BCUT2D eigenvalue weighted by Gasteiger charge is 2.22. The van der Waals surface area contributed by atoms with Gasteiger partial charge in [-0.2, -0.15) is 0 Å². The van der Waals surface area contributed by atoms with Crippen molar-refractivity contribution < 1.29 is 9.13 Å². The predicted molar refractivity (Wildman–Crippen MR) is 99.2 cm³/mol. The second-order valence-corrected chi connectivity index (χ2v) is 6.96. The minimum Gasteiger partial charge on any atom is -0.486 e. The van der Waals surface area contributed by atoms with E-state index in [1.807, 2.05) is 12.1 Å². The smallest absolute Gasteiger partial charge is 0.172 e. The van der Waals surface area contributed by atoms with Crippen molar-refractivity contribution in [3.63, 3.8) is 0 Å². The molecule has 0 atom stereocenters. The zero-order chi connectivity index (χ0) is 16.9. The molecule has 24 heavy (non-hydrogen) atoms. The number of halogens is 1. The number of rotatable bonds is 6. The van der Waals surface area contributed by atoms with Crippen LogP contribution in [0.2, 0.25) is 0 Å². The van der Waals surface area contributed by atoms with Crippen LogP contribution in [0.25, 0.3) is 10.8 Å². The van der Waals surface area contributed by atoms with E-state index >= 15 is 0 Å². The molecule has 0 radical (unpaired) electrons. The molecule has 0 unspecified atom stereocenters. The molecule has 1 aliphatic carbocycles. The van der Waals surface area contributed by atoms with Gasteiger partial charge in [0.05, 0.1) is 0 Å². The third kappa shape index (κ3) is 3.63. The summed E-state index contributed by atoms with van der Waals surface area (Å²) in [6, 6.07) is 9.87. The van der Waals surface area contributed by atoms with Crippen LogP contribution in [0, 0.1) is 11.7 Å². The Morgan fingerprint density at radius 2 is 1.96 bits per heavy atom. The van der Waals surface area contributed by atoms with Crippen LogP contribution in [-0.4, -0.2) is 6.61 Å². The van der Waals surface area contributed by atoms with Crippen molar-refractivity contribution in [1.29, 1.82) is 0 Å². The third-order valence-electron chi connectivity index (χ3n) is 5.31. The fraction of sp³-hybridized carbons (Fsp3) is 0.455. The quantitative estimate of drug-likeness (QED) is 0.542. The van der Waals surface area contributed by atoms with E-state index in [4.69, 9.17) is 4.74 Å². The van der Waals surface area contributed by atoms with E-state index in [-0.39, 0.29) is 5.82 Å². The van der Waals surface area contributed by atoms with Crippen molar-refractivity contribution in [3.05, 3.63) is 54.4 Å². The fourth-order valence-corrected chi connectivity index (χ4v) is 4.00. The molecule has 1 aliphatic rings. The maximum absolute atomic E-state index is 14.5. The van der Waals surface area contributed by atoms with Crippen molar-refractivity contribution in [3.8, 4) is 5.75 Å². The molecule has 0 heterocycles. The van der Waals surface area contributed by atoms with E-state index in [1.54, 1.807) is 12.1 Å². The van der Waals surface area contributed by atoms with E-state index in [1.165, 1.54) is 44.1 Å². The molecule has 0 spiro atoms. The lowest BCUT2D eigenvalue weighted by molar-refractivity contribution is 0.308. The summed E-state index contributed by atoms with van der Waals surface area (Å²) in [6.45, 7) is 6.20. The first-order valence-electron chi connectivity index (χ1n) is 9.18. The topological polar surface area (TPSA) is 9.23 Å². The van der Waals surface area contributed by atoms with Crippen LogP contribution in [0.3, 0.4) is 0 Å². The van der Waals surface area contributed by atoms with Gasteiger partial charge in [-0.1, -0.05) is 56.7 Å². The predicted octanol–water partition coefficient (Wildman–Crippen LogP) is 6.62. The number of fused-ring (bicyclic) bond motifs is 1. The number of hydrogen-bond donors (Lipinski definition) is 0. The van der Waals surface area contributed by atoms with Crippen molar-refractivity contribution in [2.24, 2.45) is 5.92 Å². The van der Waals surface area contributed by atoms with Crippen molar-refractivity contribution in [1.82, 2.24) is 0 Å². The lowest BCUT2D eigenvalue weighted by Crippen LogP contribution is -2.13. The molecule has 1 nitrogen and oxygen atoms in total. The van der Waals surface area contributed by atoms with E-state index in [0.29, 0.717) is 23.7 Å². The Balaban J connectivity index is 1.78. The van der Waals surface area contributed by atoms with Crippen LogP contribution in [0.4, 0.5) is 4.39 Å². The fourth-order valence-electron chi connectivity index (χ4n) is 4.00. The molecule has 3 rings (SSSR count). The number of hydrogen-bond acceptors (Lipinski definition) is 1. The minimum absolute atomic E-state index is 0.271. The molecule has 0 saturated heterocycles. The van der Waals surface area contributed by atoms with E-state index in [2.05, 4.69) is 25.6 Å². The van der Waals surface area contributed by atoms with Crippen LogP contribution in [0.15, 0.2) is 43.0 Å². The molecule has 0 amide bonds. The summed E-state index contributed by atoms with van der Waals surface area (Å²) in [5.41, 5.74) is 1.36. The Bertz CT molecular complexity index is 698. The molecule has 2 heteroatoms. The zero-order valence-electron chi connectivity index (χ0n) is 14.6. The van der Waals surface area contributed by atoms with Crippen molar-refractivity contribution >= 4 is 10.8 Å². The molecule has 0 aromatic heterocycles. The summed E-state index contributed by atoms with van der Waals surface area (Å²) in [5, 5.41) is 1.60. The molecule has 0 N–H and O–H groups in total. The van der Waals surface area contributed by atoms with Crippen LogP contribution in [0.1, 0.15) is 56.9 Å². The highest BCUT2D eigenvalue weighted by molar-refractivity contribution is 5.85. The molecule has 0 aliphatic heterocycles. The van der Waals surface area contributed by atoms with Gasteiger partial charge in [-0.25, -0.2) is 4.39 Å². The monoisotopic (exact) mass is 326 g/mol. The molecule has 2 aromatic carbocycles. The summed E-state index contributed by atoms with van der Waals surface area (Å²) >= 11 is 0. The standard InChI is InChI=1S/C22H27FO/c1-3-5-16-6-8-17(9-7-16)18-10-12-20-19(15-18)11-13-21(22(20)23)24-14-4-2/h4,10-13,15-17H,2-3,5-9,14H2,1H3. The van der Waals surface area contributed by atoms with Gasteiger partial charge >= 0.3 is 0 Å². The lowest BCUT2D eigenvalue weighted by Gasteiger charge is -2.28. The minimum atomic E-state index is -0.271. The van der Waals surface area contributed by atoms with Gasteiger partial charge in [0.25, 0.3) is 0 Å². The van der Waals surface area contributed by atoms with Gasteiger partial charge in [-0.3, -0.25) is 0 Å². The second kappa shape index (κ2) is 7.83. The van der Waals surface area contributed by atoms with Crippen LogP contribution in [0.5, 0.6) is 5.75 Å².